The highest BCUT2D eigenvalue weighted by Crippen LogP contribution is 2.21. The van der Waals surface area contributed by atoms with Crippen molar-refractivity contribution in [2.75, 3.05) is 79.3 Å². The van der Waals surface area contributed by atoms with Crippen LogP contribution >= 0.6 is 0 Å². The quantitative estimate of drug-likeness (QED) is 0.0412. The van der Waals surface area contributed by atoms with Gasteiger partial charge in [-0.05, 0) is 0 Å². The van der Waals surface area contributed by atoms with Crippen molar-refractivity contribution >= 4 is 23.6 Å². The van der Waals surface area contributed by atoms with Gasteiger partial charge in [0.15, 0.2) is 12.5 Å². The van der Waals surface area contributed by atoms with Crippen molar-refractivity contribution < 1.29 is 83.0 Å². The minimum atomic E-state index is -1.47. The summed E-state index contributed by atoms with van der Waals surface area (Å²) in [6, 6.07) is -2.23. The molecule has 2 fully saturated rings. The second-order valence-electron chi connectivity index (χ2n) is 11.7. The van der Waals surface area contributed by atoms with Crippen LogP contribution in [0, 0.1) is 0 Å². The zero-order chi connectivity index (χ0) is 37.8. The smallest absolute Gasteiger partial charge is 0.224 e. The van der Waals surface area contributed by atoms with Gasteiger partial charge >= 0.3 is 0 Å². The van der Waals surface area contributed by atoms with Crippen LogP contribution < -0.4 is 21.3 Å². The Morgan fingerprint density at radius 3 is 1.06 bits per heavy atom. The average Bonchev–Trinajstić information content (AvgIpc) is 3.08. The van der Waals surface area contributed by atoms with Gasteiger partial charge in [0.1, 0.15) is 48.7 Å². The fraction of sp³-hybridized carbons (Fsp3) is 0.867. The fourth-order valence-corrected chi connectivity index (χ4v) is 5.04. The molecule has 21 heteroatoms. The van der Waals surface area contributed by atoms with Crippen LogP contribution in [0.4, 0.5) is 0 Å². The molecule has 0 aromatic heterocycles. The van der Waals surface area contributed by atoms with Gasteiger partial charge in [-0.25, -0.2) is 0 Å². The van der Waals surface area contributed by atoms with Gasteiger partial charge in [0.2, 0.25) is 23.6 Å². The van der Waals surface area contributed by atoms with Gasteiger partial charge in [-0.2, -0.15) is 0 Å². The average molecular weight is 743 g/mol. The molecular weight excluding hydrogens is 688 g/mol. The summed E-state index contributed by atoms with van der Waals surface area (Å²) in [7, 11) is 0. The van der Waals surface area contributed by atoms with Gasteiger partial charge in [-0.1, -0.05) is 0 Å². The highest BCUT2D eigenvalue weighted by atomic mass is 16.6. The summed E-state index contributed by atoms with van der Waals surface area (Å²) in [6.45, 7) is 3.52. The minimum Gasteiger partial charge on any atom is -0.394 e. The van der Waals surface area contributed by atoms with Crippen molar-refractivity contribution in [1.29, 1.82) is 0 Å². The molecule has 0 aliphatic carbocycles. The number of nitrogens with one attached hydrogen (secondary N) is 4. The van der Waals surface area contributed by atoms with Crippen LogP contribution in [-0.2, 0) is 52.3 Å². The number of hydrogen-bond donors (Lipinski definition) is 10. The molecule has 2 rings (SSSR count). The molecule has 0 bridgehead atoms. The zero-order valence-corrected chi connectivity index (χ0v) is 28.8. The summed E-state index contributed by atoms with van der Waals surface area (Å²) in [5.41, 5.74) is 0. The van der Waals surface area contributed by atoms with Crippen LogP contribution in [0.1, 0.15) is 26.7 Å². The van der Waals surface area contributed by atoms with Crippen molar-refractivity contribution in [2.45, 2.75) is 87.9 Å². The number of amides is 4. The van der Waals surface area contributed by atoms with E-state index in [2.05, 4.69) is 21.3 Å². The molecule has 0 spiro atoms. The van der Waals surface area contributed by atoms with Gasteiger partial charge in [0.05, 0.1) is 92.1 Å². The molecule has 2 aliphatic heterocycles. The van der Waals surface area contributed by atoms with E-state index in [4.69, 9.17) is 33.2 Å². The van der Waals surface area contributed by atoms with E-state index in [1.165, 1.54) is 13.8 Å². The summed E-state index contributed by atoms with van der Waals surface area (Å²) in [4.78, 5) is 47.6. The Kier molecular flexibility index (Phi) is 21.5. The van der Waals surface area contributed by atoms with Crippen molar-refractivity contribution in [3.8, 4) is 0 Å². The molecule has 10 N–H and O–H groups in total. The first-order chi connectivity index (χ1) is 24.4. The number of hydrogen-bond acceptors (Lipinski definition) is 17. The number of carbonyl (C=O) groups excluding carboxylic acids is 4. The van der Waals surface area contributed by atoms with E-state index < -0.39 is 98.0 Å². The fourth-order valence-electron chi connectivity index (χ4n) is 5.04. The predicted octanol–water partition coefficient (Wildman–Crippen LogP) is -6.03. The Bertz CT molecular complexity index is 967. The van der Waals surface area contributed by atoms with Gasteiger partial charge < -0.3 is 85.1 Å². The number of aliphatic hydroxyl groups excluding tert-OH is 6. The molecule has 10 atom stereocenters. The highest BCUT2D eigenvalue weighted by molar-refractivity contribution is 5.77. The monoisotopic (exact) mass is 742 g/mol. The largest absolute Gasteiger partial charge is 0.394 e. The maximum Gasteiger partial charge on any atom is 0.224 e. The van der Waals surface area contributed by atoms with E-state index >= 15 is 0 Å². The lowest BCUT2D eigenvalue weighted by Gasteiger charge is -2.42. The maximum atomic E-state index is 12.3. The van der Waals surface area contributed by atoms with E-state index in [1.54, 1.807) is 0 Å². The first kappa shape index (κ1) is 44.5. The first-order valence-electron chi connectivity index (χ1n) is 16.7. The number of rotatable bonds is 24. The van der Waals surface area contributed by atoms with Crippen LogP contribution in [0.25, 0.3) is 0 Å². The Balaban J connectivity index is 1.43. The third-order valence-electron chi connectivity index (χ3n) is 7.63. The summed E-state index contributed by atoms with van der Waals surface area (Å²) in [5.74, 6) is -1.99. The Morgan fingerprint density at radius 2 is 0.784 bits per heavy atom. The Hall–Kier alpha value is -2.64. The molecule has 0 saturated carbocycles. The first-order valence-corrected chi connectivity index (χ1v) is 16.7. The van der Waals surface area contributed by atoms with Gasteiger partial charge in [0, 0.05) is 13.8 Å². The van der Waals surface area contributed by atoms with Crippen LogP contribution in [-0.4, -0.2) is 195 Å². The predicted molar refractivity (Wildman–Crippen MR) is 170 cm³/mol. The SMILES string of the molecule is CC(=O)N[C@@H]1[C@@H](O)[C@H](O)[C@@H](CO)O[C@H]1NC(=O)CCOCCOCCOCCOCCOCCC(=O)N[C@@H]1O[C@H](CO)[C@@H](O)[C@H](O)[C@H]1NC(C)=O. The van der Waals surface area contributed by atoms with Crippen molar-refractivity contribution in [1.82, 2.24) is 21.3 Å². The van der Waals surface area contributed by atoms with E-state index in [9.17, 15) is 49.8 Å². The lowest BCUT2D eigenvalue weighted by Crippen LogP contribution is -2.68. The molecule has 2 aliphatic rings. The van der Waals surface area contributed by atoms with E-state index in [1.807, 2.05) is 0 Å². The van der Waals surface area contributed by atoms with Gasteiger partial charge in [-0.3, -0.25) is 19.2 Å². The lowest BCUT2D eigenvalue weighted by atomic mass is 9.96. The molecule has 0 aromatic rings. The molecule has 2 heterocycles. The number of ether oxygens (including phenoxy) is 7. The van der Waals surface area contributed by atoms with Crippen LogP contribution in [0.3, 0.4) is 0 Å². The van der Waals surface area contributed by atoms with Gasteiger partial charge in [0.25, 0.3) is 0 Å². The molecule has 0 unspecified atom stereocenters. The third kappa shape index (κ3) is 16.3. The topological polar surface area (TPSA) is 302 Å². The van der Waals surface area contributed by atoms with Crippen LogP contribution in [0.5, 0.6) is 0 Å². The summed E-state index contributed by atoms with van der Waals surface area (Å²) in [6.07, 6.45) is -10.6. The van der Waals surface area contributed by atoms with Crippen LogP contribution in [0.15, 0.2) is 0 Å². The second kappa shape index (κ2) is 24.6. The lowest BCUT2D eigenvalue weighted by molar-refractivity contribution is -0.203. The van der Waals surface area contributed by atoms with E-state index in [0.29, 0.717) is 26.4 Å². The highest BCUT2D eigenvalue weighted by Gasteiger charge is 2.46. The summed E-state index contributed by atoms with van der Waals surface area (Å²) in [5, 5.41) is 69.3. The molecule has 51 heavy (non-hydrogen) atoms. The summed E-state index contributed by atoms with van der Waals surface area (Å²) < 4.78 is 37.9. The van der Waals surface area contributed by atoms with E-state index in [-0.39, 0.29) is 52.5 Å². The summed E-state index contributed by atoms with van der Waals surface area (Å²) >= 11 is 0. The maximum absolute atomic E-state index is 12.3. The van der Waals surface area contributed by atoms with Crippen molar-refractivity contribution in [2.24, 2.45) is 0 Å². The Morgan fingerprint density at radius 1 is 0.490 bits per heavy atom. The van der Waals surface area contributed by atoms with Gasteiger partial charge in [-0.15, -0.1) is 0 Å². The molecule has 21 nitrogen and oxygen atoms in total. The zero-order valence-electron chi connectivity index (χ0n) is 28.8. The van der Waals surface area contributed by atoms with Crippen molar-refractivity contribution in [3.63, 3.8) is 0 Å². The number of aliphatic hydroxyl groups is 6. The van der Waals surface area contributed by atoms with Crippen LogP contribution in [0.2, 0.25) is 0 Å². The second-order valence-corrected chi connectivity index (χ2v) is 11.7. The number of carbonyl (C=O) groups is 4. The minimum absolute atomic E-state index is 0.0550. The Labute approximate surface area is 295 Å². The molecule has 0 radical (unpaired) electrons. The molecule has 0 aromatic carbocycles. The molecule has 296 valence electrons. The van der Waals surface area contributed by atoms with E-state index in [0.717, 1.165) is 0 Å². The normalized spacial score (nSPS) is 29.3. The third-order valence-corrected chi connectivity index (χ3v) is 7.63. The standard InChI is InChI=1S/C30H54N4O17/c1-17(37)31-23-27(43)25(41)19(15-35)50-29(23)33-21(39)3-5-45-7-9-47-11-13-49-14-12-48-10-8-46-6-4-22(40)34-30-24(32-18(2)38)28(44)26(42)20(16-36)51-30/h19-20,23-30,35-36,41-44H,3-16H2,1-2H3,(H,31,37)(H,32,38)(H,33,39)(H,34,40)/t19-,20-,23-,24-,25-,26-,27-,28-,29-,30-/m1/s1. The molecular formula is C30H54N4O17. The molecule has 4 amide bonds. The van der Waals surface area contributed by atoms with Crippen molar-refractivity contribution in [3.05, 3.63) is 0 Å². The molecule has 2 saturated heterocycles.